The van der Waals surface area contributed by atoms with Crippen LogP contribution in [0.15, 0.2) is 72.8 Å². The number of hydrogen-bond donors (Lipinski definition) is 1. The Morgan fingerprint density at radius 3 is 2.30 bits per heavy atom. The van der Waals surface area contributed by atoms with Gasteiger partial charge in [-0.15, -0.1) is 0 Å². The lowest BCUT2D eigenvalue weighted by Gasteiger charge is -2.36. The molecule has 4 rings (SSSR count). The van der Waals surface area contributed by atoms with E-state index in [1.54, 1.807) is 24.3 Å². The van der Waals surface area contributed by atoms with Crippen molar-refractivity contribution in [3.05, 3.63) is 94.0 Å². The molecule has 1 saturated heterocycles. The van der Waals surface area contributed by atoms with Crippen molar-refractivity contribution in [1.82, 2.24) is 4.90 Å². The van der Waals surface area contributed by atoms with Crippen molar-refractivity contribution in [2.45, 2.75) is 6.54 Å². The first-order chi connectivity index (χ1) is 14.6. The molecule has 3 aromatic carbocycles. The Labute approximate surface area is 187 Å². The van der Waals surface area contributed by atoms with Gasteiger partial charge < -0.3 is 10.2 Å². The van der Waals surface area contributed by atoms with E-state index in [0.29, 0.717) is 10.6 Å². The summed E-state index contributed by atoms with van der Waals surface area (Å²) in [4.78, 5) is 17.2. The second kappa shape index (κ2) is 9.52. The number of hydrogen-bond acceptors (Lipinski definition) is 3. The third kappa shape index (κ3) is 5.14. The Kier molecular flexibility index (Phi) is 6.58. The van der Waals surface area contributed by atoms with Crippen LogP contribution in [0.1, 0.15) is 15.9 Å². The molecule has 4 nitrogen and oxygen atoms in total. The number of benzene rings is 3. The normalized spacial score (nSPS) is 14.5. The fourth-order valence-corrected chi connectivity index (χ4v) is 4.01. The number of carbonyl (C=O) groups excluding carboxylic acids is 1. The van der Waals surface area contributed by atoms with Crippen molar-refractivity contribution in [2.75, 3.05) is 36.4 Å². The summed E-state index contributed by atoms with van der Waals surface area (Å²) < 4.78 is 0. The average Bonchev–Trinajstić information content (AvgIpc) is 2.76. The van der Waals surface area contributed by atoms with E-state index in [2.05, 4.69) is 33.3 Å². The molecule has 154 valence electrons. The number of carbonyl (C=O) groups is 1. The minimum atomic E-state index is -0.168. The van der Waals surface area contributed by atoms with Crippen LogP contribution in [0, 0.1) is 0 Å². The summed E-state index contributed by atoms with van der Waals surface area (Å²) >= 11 is 12.3. The van der Waals surface area contributed by atoms with Crippen molar-refractivity contribution >= 4 is 40.5 Å². The van der Waals surface area contributed by atoms with Gasteiger partial charge in [-0.2, -0.15) is 0 Å². The van der Waals surface area contributed by atoms with Crippen LogP contribution in [0.3, 0.4) is 0 Å². The van der Waals surface area contributed by atoms with Crippen LogP contribution < -0.4 is 10.2 Å². The molecule has 0 bridgehead atoms. The molecular weight excluding hydrogens is 417 g/mol. The van der Waals surface area contributed by atoms with E-state index >= 15 is 0 Å². The first kappa shape index (κ1) is 20.7. The smallest absolute Gasteiger partial charge is 0.255 e. The Bertz CT molecular complexity index is 1010. The molecule has 0 radical (unpaired) electrons. The fraction of sp³-hybridized carbons (Fsp3) is 0.208. The first-order valence-corrected chi connectivity index (χ1v) is 10.7. The maximum Gasteiger partial charge on any atom is 0.255 e. The molecule has 1 heterocycles. The van der Waals surface area contributed by atoms with Gasteiger partial charge in [-0.25, -0.2) is 0 Å². The van der Waals surface area contributed by atoms with Crippen molar-refractivity contribution in [3.8, 4) is 0 Å². The minimum absolute atomic E-state index is 0.168. The molecule has 0 spiro atoms. The highest BCUT2D eigenvalue weighted by Gasteiger charge is 2.18. The lowest BCUT2D eigenvalue weighted by Crippen LogP contribution is -2.46. The average molecular weight is 440 g/mol. The quantitative estimate of drug-likeness (QED) is 0.564. The molecule has 30 heavy (non-hydrogen) atoms. The molecule has 0 saturated carbocycles. The lowest BCUT2D eigenvalue weighted by atomic mass is 10.1. The van der Waals surface area contributed by atoms with Crippen LogP contribution in [0.2, 0.25) is 10.0 Å². The van der Waals surface area contributed by atoms with E-state index in [1.165, 1.54) is 5.56 Å². The molecule has 1 amide bonds. The van der Waals surface area contributed by atoms with Gasteiger partial charge >= 0.3 is 0 Å². The van der Waals surface area contributed by atoms with E-state index in [-0.39, 0.29) is 5.91 Å². The van der Waals surface area contributed by atoms with Gasteiger partial charge in [-0.3, -0.25) is 9.69 Å². The topological polar surface area (TPSA) is 35.6 Å². The second-order valence-electron chi connectivity index (χ2n) is 7.37. The number of nitrogens with one attached hydrogen (secondary N) is 1. The van der Waals surface area contributed by atoms with E-state index in [9.17, 15) is 4.79 Å². The highest BCUT2D eigenvalue weighted by molar-refractivity contribution is 6.31. The largest absolute Gasteiger partial charge is 0.369 e. The van der Waals surface area contributed by atoms with Crippen molar-refractivity contribution in [1.29, 1.82) is 0 Å². The van der Waals surface area contributed by atoms with E-state index in [4.69, 9.17) is 23.2 Å². The summed E-state index contributed by atoms with van der Waals surface area (Å²) in [6, 6.07) is 22.9. The number of amides is 1. The molecule has 0 atom stereocenters. The van der Waals surface area contributed by atoms with Gasteiger partial charge in [0, 0.05) is 59.7 Å². The number of nitrogens with zero attached hydrogens (tertiary/aromatic N) is 2. The van der Waals surface area contributed by atoms with Gasteiger partial charge in [0.15, 0.2) is 0 Å². The Balaban J connectivity index is 1.31. The van der Waals surface area contributed by atoms with Crippen LogP contribution >= 0.6 is 23.2 Å². The number of halogens is 2. The molecule has 6 heteroatoms. The van der Waals surface area contributed by atoms with Gasteiger partial charge in [-0.1, -0.05) is 47.5 Å². The molecule has 0 aromatic heterocycles. The van der Waals surface area contributed by atoms with Crippen LogP contribution in [0.4, 0.5) is 11.4 Å². The highest BCUT2D eigenvalue weighted by Crippen LogP contribution is 2.22. The van der Waals surface area contributed by atoms with Gasteiger partial charge in [0.2, 0.25) is 0 Å². The summed E-state index contributed by atoms with van der Waals surface area (Å²) in [6.07, 6.45) is 0. The SMILES string of the molecule is O=C(Nc1ccc(N2CCN(Cc3ccccc3Cl)CC2)cc1)c1cccc(Cl)c1. The molecule has 1 fully saturated rings. The van der Waals surface area contributed by atoms with Gasteiger partial charge in [0.05, 0.1) is 0 Å². The van der Waals surface area contributed by atoms with Crippen molar-refractivity contribution < 1.29 is 4.79 Å². The third-order valence-corrected chi connectivity index (χ3v) is 5.91. The minimum Gasteiger partial charge on any atom is -0.369 e. The van der Waals surface area contributed by atoms with E-state index in [1.807, 2.05) is 30.3 Å². The zero-order valence-corrected chi connectivity index (χ0v) is 18.0. The van der Waals surface area contributed by atoms with Gasteiger partial charge in [-0.05, 0) is 54.1 Å². The molecule has 3 aromatic rings. The maximum atomic E-state index is 12.4. The molecule has 0 unspecified atom stereocenters. The zero-order chi connectivity index (χ0) is 20.9. The fourth-order valence-electron chi connectivity index (χ4n) is 3.62. The van der Waals surface area contributed by atoms with Crippen LogP contribution in [0.25, 0.3) is 0 Å². The molecule has 1 N–H and O–H groups in total. The van der Waals surface area contributed by atoms with E-state index in [0.717, 1.165) is 49.1 Å². The van der Waals surface area contributed by atoms with Gasteiger partial charge in [0.1, 0.15) is 0 Å². The molecule has 1 aliphatic heterocycles. The zero-order valence-electron chi connectivity index (χ0n) is 16.5. The molecule has 0 aliphatic carbocycles. The Hall–Kier alpha value is -2.53. The summed E-state index contributed by atoms with van der Waals surface area (Å²) in [5, 5.41) is 4.30. The summed E-state index contributed by atoms with van der Waals surface area (Å²) in [6.45, 7) is 4.76. The van der Waals surface area contributed by atoms with Crippen molar-refractivity contribution in [2.24, 2.45) is 0 Å². The standard InChI is InChI=1S/C24H23Cl2N3O/c25-20-6-3-5-18(16-20)24(30)27-21-8-10-22(11-9-21)29-14-12-28(13-15-29)17-19-4-1-2-7-23(19)26/h1-11,16H,12-15,17H2,(H,27,30). The number of anilines is 2. The van der Waals surface area contributed by atoms with Crippen LogP contribution in [0.5, 0.6) is 0 Å². The predicted octanol–water partition coefficient (Wildman–Crippen LogP) is 5.57. The Morgan fingerprint density at radius 1 is 0.867 bits per heavy atom. The van der Waals surface area contributed by atoms with Gasteiger partial charge in [0.25, 0.3) is 5.91 Å². The summed E-state index contributed by atoms with van der Waals surface area (Å²) in [5.74, 6) is -0.168. The monoisotopic (exact) mass is 439 g/mol. The van der Waals surface area contributed by atoms with Crippen LogP contribution in [-0.2, 0) is 6.54 Å². The third-order valence-electron chi connectivity index (χ3n) is 5.30. The van der Waals surface area contributed by atoms with Crippen molar-refractivity contribution in [3.63, 3.8) is 0 Å². The summed E-state index contributed by atoms with van der Waals surface area (Å²) in [7, 11) is 0. The predicted molar refractivity (Wildman–Crippen MR) is 125 cm³/mol. The highest BCUT2D eigenvalue weighted by atomic mass is 35.5. The second-order valence-corrected chi connectivity index (χ2v) is 8.21. The number of piperazine rings is 1. The first-order valence-electron chi connectivity index (χ1n) is 9.96. The Morgan fingerprint density at radius 2 is 1.60 bits per heavy atom. The molecule has 1 aliphatic rings. The maximum absolute atomic E-state index is 12.4. The number of rotatable bonds is 5. The van der Waals surface area contributed by atoms with E-state index < -0.39 is 0 Å². The summed E-state index contributed by atoms with van der Waals surface area (Å²) in [5.41, 5.74) is 3.64. The lowest BCUT2D eigenvalue weighted by molar-refractivity contribution is 0.102. The molecular formula is C24H23Cl2N3O. The van der Waals surface area contributed by atoms with Crippen LogP contribution in [-0.4, -0.2) is 37.0 Å².